The highest BCUT2D eigenvalue weighted by atomic mass is 16.4. The molecule has 0 bridgehead atoms. The maximum Gasteiger partial charge on any atom is 0.310 e. The van der Waals surface area contributed by atoms with Crippen molar-refractivity contribution < 1.29 is 14.7 Å². The summed E-state index contributed by atoms with van der Waals surface area (Å²) in [5, 5.41) is 12.1. The fourth-order valence-corrected chi connectivity index (χ4v) is 2.28. The first kappa shape index (κ1) is 16.0. The number of hydrogen-bond donors (Lipinski definition) is 2. The molecule has 5 nitrogen and oxygen atoms in total. The van der Waals surface area contributed by atoms with Crippen LogP contribution in [0.25, 0.3) is 0 Å². The lowest BCUT2D eigenvalue weighted by molar-refractivity contribution is -0.153. The lowest BCUT2D eigenvalue weighted by Gasteiger charge is -2.28. The normalized spacial score (nSPS) is 19.4. The second-order valence-corrected chi connectivity index (χ2v) is 5.95. The minimum absolute atomic E-state index is 0.0417. The summed E-state index contributed by atoms with van der Waals surface area (Å²) in [5.41, 5.74) is -0.988. The number of carbonyl (C=O) groups is 2. The van der Waals surface area contributed by atoms with Gasteiger partial charge in [0.2, 0.25) is 5.91 Å². The molecule has 0 spiro atoms. The van der Waals surface area contributed by atoms with E-state index in [2.05, 4.69) is 10.2 Å². The Hall–Kier alpha value is -1.10. The summed E-state index contributed by atoms with van der Waals surface area (Å²) in [4.78, 5) is 25.5. The molecule has 0 aromatic rings. The number of carbonyl (C=O) groups excluding carboxylic acids is 1. The predicted molar refractivity (Wildman–Crippen MR) is 73.9 cm³/mol. The number of nitrogens with one attached hydrogen (secondary N) is 1. The third kappa shape index (κ3) is 4.49. The zero-order chi connectivity index (χ0) is 14.5. The summed E-state index contributed by atoms with van der Waals surface area (Å²) >= 11 is 0. The van der Waals surface area contributed by atoms with E-state index in [9.17, 15) is 14.7 Å². The van der Waals surface area contributed by atoms with E-state index >= 15 is 0 Å². The minimum Gasteiger partial charge on any atom is -0.481 e. The van der Waals surface area contributed by atoms with E-state index in [0.717, 1.165) is 19.6 Å². The largest absolute Gasteiger partial charge is 0.481 e. The topological polar surface area (TPSA) is 69.6 Å². The molecular weight excluding hydrogens is 244 g/mol. The minimum atomic E-state index is -0.988. The van der Waals surface area contributed by atoms with Crippen molar-refractivity contribution in [3.8, 4) is 0 Å². The number of carboxylic acid groups (broad SMARTS) is 1. The second-order valence-electron chi connectivity index (χ2n) is 5.95. The van der Waals surface area contributed by atoms with E-state index in [4.69, 9.17) is 0 Å². The van der Waals surface area contributed by atoms with Gasteiger partial charge in [0.15, 0.2) is 0 Å². The van der Waals surface area contributed by atoms with Crippen molar-refractivity contribution in [2.75, 3.05) is 26.2 Å². The molecule has 1 unspecified atom stereocenters. The van der Waals surface area contributed by atoms with Crippen molar-refractivity contribution in [2.45, 2.75) is 40.0 Å². The molecule has 5 heteroatoms. The van der Waals surface area contributed by atoms with Gasteiger partial charge in [-0.3, -0.25) is 9.59 Å². The van der Waals surface area contributed by atoms with Crippen molar-refractivity contribution in [2.24, 2.45) is 11.3 Å². The molecule has 1 heterocycles. The quantitative estimate of drug-likeness (QED) is 0.732. The van der Waals surface area contributed by atoms with Gasteiger partial charge in [0, 0.05) is 19.5 Å². The molecule has 19 heavy (non-hydrogen) atoms. The van der Waals surface area contributed by atoms with Crippen LogP contribution < -0.4 is 5.32 Å². The van der Waals surface area contributed by atoms with E-state index in [1.807, 2.05) is 13.8 Å². The summed E-state index contributed by atoms with van der Waals surface area (Å²) in [6.07, 6.45) is 2.51. The Morgan fingerprint density at radius 3 is 2.37 bits per heavy atom. The summed E-state index contributed by atoms with van der Waals surface area (Å²) in [6.45, 7) is 8.99. The van der Waals surface area contributed by atoms with Crippen LogP contribution in [0, 0.1) is 11.3 Å². The molecule has 0 radical (unpaired) electrons. The average Bonchev–Trinajstić information content (AvgIpc) is 2.81. The first-order valence-electron chi connectivity index (χ1n) is 7.08. The van der Waals surface area contributed by atoms with Crippen LogP contribution in [-0.2, 0) is 9.59 Å². The summed E-state index contributed by atoms with van der Waals surface area (Å²) in [5.74, 6) is -1.15. The third-order valence-corrected chi connectivity index (χ3v) is 4.24. The number of amides is 1. The Balaban J connectivity index is 2.34. The number of rotatable bonds is 7. The maximum atomic E-state index is 11.8. The van der Waals surface area contributed by atoms with Crippen LogP contribution in [0.15, 0.2) is 0 Å². The van der Waals surface area contributed by atoms with Crippen molar-refractivity contribution in [1.82, 2.24) is 10.2 Å². The molecular formula is C14H26N2O3. The van der Waals surface area contributed by atoms with Gasteiger partial charge in [-0.25, -0.2) is 0 Å². The van der Waals surface area contributed by atoms with Crippen LogP contribution in [0.5, 0.6) is 0 Å². The van der Waals surface area contributed by atoms with E-state index in [-0.39, 0.29) is 18.2 Å². The van der Waals surface area contributed by atoms with Gasteiger partial charge in [-0.1, -0.05) is 13.8 Å². The zero-order valence-corrected chi connectivity index (χ0v) is 12.2. The van der Waals surface area contributed by atoms with Gasteiger partial charge in [0.05, 0.1) is 5.41 Å². The van der Waals surface area contributed by atoms with Gasteiger partial charge in [0.25, 0.3) is 0 Å². The lowest BCUT2D eigenvalue weighted by Crippen LogP contribution is -2.41. The molecule has 0 aromatic carbocycles. The van der Waals surface area contributed by atoms with Gasteiger partial charge in [-0.15, -0.1) is 0 Å². The smallest absolute Gasteiger partial charge is 0.310 e. The van der Waals surface area contributed by atoms with Gasteiger partial charge in [-0.2, -0.15) is 0 Å². The summed E-state index contributed by atoms with van der Waals surface area (Å²) in [7, 11) is 0. The van der Waals surface area contributed by atoms with E-state index in [1.165, 1.54) is 12.8 Å². The number of carboxylic acids is 1. The van der Waals surface area contributed by atoms with Gasteiger partial charge >= 0.3 is 5.97 Å². The summed E-state index contributed by atoms with van der Waals surface area (Å²) in [6, 6.07) is 0. The zero-order valence-electron chi connectivity index (χ0n) is 12.2. The molecule has 1 saturated heterocycles. The third-order valence-electron chi connectivity index (χ3n) is 4.24. The van der Waals surface area contributed by atoms with E-state index in [1.54, 1.807) is 6.92 Å². The molecule has 2 N–H and O–H groups in total. The first-order chi connectivity index (χ1) is 8.86. The monoisotopic (exact) mass is 270 g/mol. The van der Waals surface area contributed by atoms with Crippen LogP contribution in [0.1, 0.15) is 40.0 Å². The molecule has 1 fully saturated rings. The van der Waals surface area contributed by atoms with Crippen LogP contribution >= 0.6 is 0 Å². The Morgan fingerprint density at radius 1 is 1.32 bits per heavy atom. The molecule has 1 aliphatic heterocycles. The number of likely N-dealkylation sites (tertiary alicyclic amines) is 1. The highest BCUT2D eigenvalue weighted by Gasteiger charge is 2.38. The van der Waals surface area contributed by atoms with Gasteiger partial charge in [-0.05, 0) is 38.8 Å². The molecule has 0 aromatic heterocycles. The van der Waals surface area contributed by atoms with Gasteiger partial charge < -0.3 is 15.3 Å². The van der Waals surface area contributed by atoms with Crippen molar-refractivity contribution in [1.29, 1.82) is 0 Å². The Kier molecular flexibility index (Phi) is 5.79. The maximum absolute atomic E-state index is 11.8. The highest BCUT2D eigenvalue weighted by Crippen LogP contribution is 2.31. The van der Waals surface area contributed by atoms with E-state index in [0.29, 0.717) is 6.54 Å². The van der Waals surface area contributed by atoms with Crippen LogP contribution in [0.3, 0.4) is 0 Å². The highest BCUT2D eigenvalue weighted by molar-refractivity contribution is 5.84. The van der Waals surface area contributed by atoms with Crippen LogP contribution in [0.2, 0.25) is 0 Å². The molecule has 0 saturated carbocycles. The molecule has 1 amide bonds. The van der Waals surface area contributed by atoms with Crippen LogP contribution in [-0.4, -0.2) is 48.1 Å². The molecule has 1 aliphatic rings. The van der Waals surface area contributed by atoms with Crippen molar-refractivity contribution >= 4 is 11.9 Å². The first-order valence-corrected chi connectivity index (χ1v) is 7.08. The molecule has 1 rings (SSSR count). The number of aliphatic carboxylic acids is 1. The molecule has 1 atom stereocenters. The Bertz CT molecular complexity index is 325. The summed E-state index contributed by atoms with van der Waals surface area (Å²) < 4.78 is 0. The fourth-order valence-electron chi connectivity index (χ4n) is 2.28. The molecule has 110 valence electrons. The second kappa shape index (κ2) is 6.89. The Labute approximate surface area is 115 Å². The average molecular weight is 270 g/mol. The van der Waals surface area contributed by atoms with Crippen LogP contribution in [0.4, 0.5) is 0 Å². The lowest BCUT2D eigenvalue weighted by atomic mass is 9.76. The Morgan fingerprint density at radius 2 is 1.89 bits per heavy atom. The van der Waals surface area contributed by atoms with Gasteiger partial charge in [0.1, 0.15) is 0 Å². The fraction of sp³-hybridized carbons (Fsp3) is 0.857. The SMILES string of the molecule is CC(C)C(C)(CC(=O)NCCN1CCCC1)C(=O)O. The predicted octanol–water partition coefficient (Wildman–Crippen LogP) is 1.34. The number of hydrogen-bond acceptors (Lipinski definition) is 3. The van der Waals surface area contributed by atoms with Crippen molar-refractivity contribution in [3.05, 3.63) is 0 Å². The van der Waals surface area contributed by atoms with E-state index < -0.39 is 11.4 Å². The van der Waals surface area contributed by atoms with Crippen molar-refractivity contribution in [3.63, 3.8) is 0 Å². The standard InChI is InChI=1S/C14H26N2O3/c1-11(2)14(3,13(18)19)10-12(17)15-6-9-16-7-4-5-8-16/h11H,4-10H2,1-3H3,(H,15,17)(H,18,19). The molecule has 0 aliphatic carbocycles. The number of nitrogens with zero attached hydrogens (tertiary/aromatic N) is 1.